The van der Waals surface area contributed by atoms with E-state index in [-0.39, 0.29) is 17.1 Å². The van der Waals surface area contributed by atoms with Crippen molar-refractivity contribution in [1.29, 1.82) is 0 Å². The molecular formula is C11H16N2O7S. The molecule has 0 radical (unpaired) electrons. The zero-order valence-corrected chi connectivity index (χ0v) is 12.5. The normalized spacial score (nSPS) is 13.0. The lowest BCUT2D eigenvalue weighted by molar-refractivity contribution is -0.125. The van der Waals surface area contributed by atoms with Gasteiger partial charge in [-0.25, -0.2) is 17.9 Å². The average Bonchev–Trinajstić information content (AvgIpc) is 2.70. The van der Waals surface area contributed by atoms with Crippen LogP contribution in [0.4, 0.5) is 0 Å². The Bertz CT molecular complexity index is 662. The van der Waals surface area contributed by atoms with Gasteiger partial charge in [0.25, 0.3) is 0 Å². The van der Waals surface area contributed by atoms with Crippen molar-refractivity contribution in [2.75, 3.05) is 13.7 Å². The van der Waals surface area contributed by atoms with Gasteiger partial charge in [-0.15, -0.1) is 0 Å². The number of rotatable bonds is 6. The highest BCUT2D eigenvalue weighted by Gasteiger charge is 2.32. The molecule has 21 heavy (non-hydrogen) atoms. The third kappa shape index (κ3) is 3.60. The Morgan fingerprint density at radius 1 is 1.38 bits per heavy atom. The van der Waals surface area contributed by atoms with E-state index in [1.807, 2.05) is 4.72 Å². The van der Waals surface area contributed by atoms with Crippen molar-refractivity contribution < 1.29 is 32.3 Å². The number of aliphatic hydroxyl groups excluding tert-OH is 1. The number of primary amides is 1. The fraction of sp³-hybridized carbons (Fsp3) is 0.455. The molecule has 118 valence electrons. The Morgan fingerprint density at radius 2 is 1.95 bits per heavy atom. The highest BCUT2D eigenvalue weighted by atomic mass is 32.2. The van der Waals surface area contributed by atoms with E-state index in [1.54, 1.807) is 0 Å². The van der Waals surface area contributed by atoms with Crippen LogP contribution in [0.15, 0.2) is 9.31 Å². The van der Waals surface area contributed by atoms with Crippen molar-refractivity contribution in [3.63, 3.8) is 0 Å². The summed E-state index contributed by atoms with van der Waals surface area (Å²) in [7, 11) is -3.09. The summed E-state index contributed by atoms with van der Waals surface area (Å²) in [6, 6.07) is 0. The minimum absolute atomic E-state index is 0.0195. The smallest absolute Gasteiger partial charge is 0.342 e. The SMILES string of the molecule is COC(=O)c1c(C)oc(C)c1S(=O)(=O)NCC(O)C(N)=O. The average molecular weight is 320 g/mol. The summed E-state index contributed by atoms with van der Waals surface area (Å²) >= 11 is 0. The molecule has 1 rings (SSSR count). The molecule has 1 unspecified atom stereocenters. The molecule has 10 heteroatoms. The van der Waals surface area contributed by atoms with E-state index >= 15 is 0 Å². The summed E-state index contributed by atoms with van der Waals surface area (Å²) in [4.78, 5) is 22.0. The lowest BCUT2D eigenvalue weighted by Crippen LogP contribution is -2.40. The number of esters is 1. The first-order valence-electron chi connectivity index (χ1n) is 5.77. The quantitative estimate of drug-likeness (QED) is 0.558. The van der Waals surface area contributed by atoms with Crippen LogP contribution >= 0.6 is 0 Å². The standard InChI is InChI=1S/C11H16N2O7S/c1-5-8(11(16)19-3)9(6(2)20-5)21(17,18)13-4-7(14)10(12)15/h7,13-14H,4H2,1-3H3,(H2,12,15). The van der Waals surface area contributed by atoms with Crippen LogP contribution < -0.4 is 10.5 Å². The molecule has 1 atom stereocenters. The van der Waals surface area contributed by atoms with Gasteiger partial charge in [-0.2, -0.15) is 0 Å². The number of hydrogen-bond acceptors (Lipinski definition) is 7. The molecule has 0 aliphatic rings. The highest BCUT2D eigenvalue weighted by molar-refractivity contribution is 7.89. The first-order valence-corrected chi connectivity index (χ1v) is 7.25. The second-order valence-electron chi connectivity index (χ2n) is 4.18. The Kier molecular flexibility index (Phi) is 5.10. The molecule has 1 heterocycles. The fourth-order valence-corrected chi connectivity index (χ4v) is 3.12. The van der Waals surface area contributed by atoms with Gasteiger partial charge < -0.3 is 20.0 Å². The second-order valence-corrected chi connectivity index (χ2v) is 5.88. The number of sulfonamides is 1. The molecule has 4 N–H and O–H groups in total. The predicted molar refractivity (Wildman–Crippen MR) is 69.9 cm³/mol. The number of amides is 1. The lowest BCUT2D eigenvalue weighted by Gasteiger charge is -2.10. The number of aliphatic hydroxyl groups is 1. The minimum Gasteiger partial charge on any atom is -0.465 e. The molecule has 0 fully saturated rings. The van der Waals surface area contributed by atoms with E-state index in [0.29, 0.717) is 0 Å². The van der Waals surface area contributed by atoms with Crippen LogP contribution in [0.5, 0.6) is 0 Å². The van der Waals surface area contributed by atoms with Gasteiger partial charge in [0, 0.05) is 6.54 Å². The first-order chi connectivity index (χ1) is 9.61. The third-order valence-electron chi connectivity index (χ3n) is 2.66. The fourth-order valence-electron chi connectivity index (χ4n) is 1.69. The molecule has 1 amide bonds. The predicted octanol–water partition coefficient (Wildman–Crippen LogP) is -1.19. The Labute approximate surface area is 121 Å². The van der Waals surface area contributed by atoms with Gasteiger partial charge in [0.05, 0.1) is 7.11 Å². The van der Waals surface area contributed by atoms with Gasteiger partial charge in [0.1, 0.15) is 28.1 Å². The number of nitrogens with one attached hydrogen (secondary N) is 1. The van der Waals surface area contributed by atoms with Crippen LogP contribution in [0.25, 0.3) is 0 Å². The summed E-state index contributed by atoms with van der Waals surface area (Å²) < 4.78 is 36.0. The molecule has 9 nitrogen and oxygen atoms in total. The van der Waals surface area contributed by atoms with E-state index in [1.165, 1.54) is 13.8 Å². The van der Waals surface area contributed by atoms with Crippen LogP contribution in [0.1, 0.15) is 21.9 Å². The van der Waals surface area contributed by atoms with Crippen LogP contribution in [-0.2, 0) is 19.6 Å². The molecular weight excluding hydrogens is 304 g/mol. The maximum Gasteiger partial charge on any atom is 0.342 e. The van der Waals surface area contributed by atoms with Crippen LogP contribution in [0.2, 0.25) is 0 Å². The largest absolute Gasteiger partial charge is 0.465 e. The Balaban J connectivity index is 3.20. The zero-order valence-electron chi connectivity index (χ0n) is 11.7. The Morgan fingerprint density at radius 3 is 2.43 bits per heavy atom. The minimum atomic E-state index is -4.20. The highest BCUT2D eigenvalue weighted by Crippen LogP contribution is 2.27. The Hall–Kier alpha value is -1.91. The maximum atomic E-state index is 12.2. The van der Waals surface area contributed by atoms with Crippen LogP contribution in [0.3, 0.4) is 0 Å². The van der Waals surface area contributed by atoms with E-state index in [4.69, 9.17) is 10.2 Å². The number of ether oxygens (including phenoxy) is 1. The molecule has 0 spiro atoms. The van der Waals surface area contributed by atoms with Crippen molar-refractivity contribution in [3.05, 3.63) is 17.1 Å². The van der Waals surface area contributed by atoms with E-state index < -0.39 is 39.4 Å². The van der Waals surface area contributed by atoms with E-state index in [0.717, 1.165) is 7.11 Å². The summed E-state index contributed by atoms with van der Waals surface area (Å²) in [6.45, 7) is 2.15. The number of methoxy groups -OCH3 is 1. The number of carbonyl (C=O) groups excluding carboxylic acids is 2. The van der Waals surface area contributed by atoms with Crippen LogP contribution in [-0.4, -0.2) is 45.2 Å². The topological polar surface area (TPSA) is 149 Å². The van der Waals surface area contributed by atoms with Crippen LogP contribution in [0, 0.1) is 13.8 Å². The summed E-state index contributed by atoms with van der Waals surface area (Å²) in [5, 5.41) is 9.22. The number of nitrogens with two attached hydrogens (primary N) is 1. The van der Waals surface area contributed by atoms with E-state index in [9.17, 15) is 23.1 Å². The molecule has 1 aromatic rings. The molecule has 1 aromatic heterocycles. The van der Waals surface area contributed by atoms with Gasteiger partial charge in [-0.1, -0.05) is 0 Å². The van der Waals surface area contributed by atoms with Gasteiger partial charge in [-0.05, 0) is 13.8 Å². The van der Waals surface area contributed by atoms with Gasteiger partial charge in [0.2, 0.25) is 15.9 Å². The maximum absolute atomic E-state index is 12.2. The summed E-state index contributed by atoms with van der Waals surface area (Å²) in [6.07, 6.45) is -1.69. The zero-order chi connectivity index (χ0) is 16.4. The van der Waals surface area contributed by atoms with Gasteiger partial charge in [0.15, 0.2) is 0 Å². The molecule has 0 saturated carbocycles. The van der Waals surface area contributed by atoms with Crippen molar-refractivity contribution >= 4 is 21.9 Å². The number of hydrogen-bond donors (Lipinski definition) is 3. The van der Waals surface area contributed by atoms with Crippen molar-refractivity contribution in [2.45, 2.75) is 24.8 Å². The number of furan rings is 1. The molecule has 0 aliphatic heterocycles. The first kappa shape index (κ1) is 17.1. The van der Waals surface area contributed by atoms with Crippen molar-refractivity contribution in [2.24, 2.45) is 5.73 Å². The molecule has 0 aliphatic carbocycles. The molecule has 0 bridgehead atoms. The summed E-state index contributed by atoms with van der Waals surface area (Å²) in [5.74, 6) is -1.89. The van der Waals surface area contributed by atoms with Gasteiger partial charge in [-0.3, -0.25) is 4.79 Å². The lowest BCUT2D eigenvalue weighted by atomic mass is 10.2. The van der Waals surface area contributed by atoms with E-state index in [2.05, 4.69) is 4.74 Å². The van der Waals surface area contributed by atoms with Crippen molar-refractivity contribution in [1.82, 2.24) is 4.72 Å². The second kappa shape index (κ2) is 6.24. The number of carbonyl (C=O) groups is 2. The molecule has 0 saturated heterocycles. The summed E-state index contributed by atoms with van der Waals surface area (Å²) in [5.41, 5.74) is 4.58. The monoisotopic (exact) mass is 320 g/mol. The molecule has 0 aromatic carbocycles. The number of aryl methyl sites for hydroxylation is 2. The van der Waals surface area contributed by atoms with Gasteiger partial charge >= 0.3 is 5.97 Å². The third-order valence-corrected chi connectivity index (χ3v) is 4.23. The van der Waals surface area contributed by atoms with Crippen molar-refractivity contribution in [3.8, 4) is 0 Å².